The summed E-state index contributed by atoms with van der Waals surface area (Å²) in [6, 6.07) is 10.5. The highest BCUT2D eigenvalue weighted by Gasteiger charge is 2.26. The van der Waals surface area contributed by atoms with Crippen molar-refractivity contribution in [1.29, 1.82) is 0 Å². The molecule has 0 fully saturated rings. The summed E-state index contributed by atoms with van der Waals surface area (Å²) in [4.78, 5) is 41.4. The predicted molar refractivity (Wildman–Crippen MR) is 101 cm³/mol. The highest BCUT2D eigenvalue weighted by Crippen LogP contribution is 2.28. The molecule has 0 atom stereocenters. The number of aromatic nitrogens is 1. The van der Waals surface area contributed by atoms with Gasteiger partial charge in [-0.25, -0.2) is 4.79 Å². The lowest BCUT2D eigenvalue weighted by atomic mass is 10.2. The Hall–Kier alpha value is -3.42. The van der Waals surface area contributed by atoms with E-state index in [-0.39, 0.29) is 24.4 Å². The Labute approximate surface area is 157 Å². The Morgan fingerprint density at radius 1 is 1.15 bits per heavy atom. The van der Waals surface area contributed by atoms with E-state index in [1.54, 1.807) is 30.6 Å². The van der Waals surface area contributed by atoms with Gasteiger partial charge in [0, 0.05) is 31.9 Å². The standard InChI is InChI=1S/C19H21N5O3/c25-17(22-12-14-5-3-9-20-11-14)8-4-10-21-19(27)24-13-18(26)23-15-6-1-2-7-16(15)24/h1-3,5-7,9,11H,4,8,10,12-13H2,(H,21,27)(H,22,25)(H,23,26). The number of urea groups is 1. The lowest BCUT2D eigenvalue weighted by Gasteiger charge is -2.29. The van der Waals surface area contributed by atoms with E-state index in [9.17, 15) is 14.4 Å². The fourth-order valence-electron chi connectivity index (χ4n) is 2.75. The highest BCUT2D eigenvalue weighted by molar-refractivity contribution is 6.09. The van der Waals surface area contributed by atoms with Crippen molar-refractivity contribution in [2.75, 3.05) is 23.3 Å². The predicted octanol–water partition coefficient (Wildman–Crippen LogP) is 1.65. The average molecular weight is 367 g/mol. The second kappa shape index (κ2) is 8.79. The minimum absolute atomic E-state index is 0.0333. The molecule has 3 rings (SSSR count). The van der Waals surface area contributed by atoms with Gasteiger partial charge in [0.05, 0.1) is 11.4 Å². The van der Waals surface area contributed by atoms with Gasteiger partial charge in [-0.3, -0.25) is 19.5 Å². The first kappa shape index (κ1) is 18.4. The van der Waals surface area contributed by atoms with Crippen LogP contribution in [0.15, 0.2) is 48.8 Å². The van der Waals surface area contributed by atoms with Crippen molar-refractivity contribution in [3.8, 4) is 0 Å². The Morgan fingerprint density at radius 3 is 2.81 bits per heavy atom. The molecule has 2 heterocycles. The maximum absolute atomic E-state index is 12.4. The van der Waals surface area contributed by atoms with Crippen molar-refractivity contribution >= 4 is 29.2 Å². The normalized spacial score (nSPS) is 12.7. The number of nitrogens with zero attached hydrogens (tertiary/aromatic N) is 2. The molecule has 8 nitrogen and oxygen atoms in total. The molecule has 1 aromatic heterocycles. The van der Waals surface area contributed by atoms with Gasteiger partial charge in [0.25, 0.3) is 0 Å². The first-order valence-corrected chi connectivity index (χ1v) is 8.73. The van der Waals surface area contributed by atoms with Gasteiger partial charge in [-0.1, -0.05) is 18.2 Å². The van der Waals surface area contributed by atoms with Gasteiger partial charge in [-0.05, 0) is 30.2 Å². The molecular formula is C19H21N5O3. The quantitative estimate of drug-likeness (QED) is 0.675. The molecule has 0 spiro atoms. The number of nitrogens with one attached hydrogen (secondary N) is 3. The number of para-hydroxylation sites is 2. The van der Waals surface area contributed by atoms with Gasteiger partial charge in [0.1, 0.15) is 6.54 Å². The average Bonchev–Trinajstić information content (AvgIpc) is 2.69. The monoisotopic (exact) mass is 367 g/mol. The third kappa shape index (κ3) is 5.04. The zero-order valence-electron chi connectivity index (χ0n) is 14.8. The SMILES string of the molecule is O=C(CCCNC(=O)N1CC(=O)Nc2ccccc21)NCc1cccnc1. The van der Waals surface area contributed by atoms with Crippen LogP contribution in [0.4, 0.5) is 16.2 Å². The zero-order valence-corrected chi connectivity index (χ0v) is 14.8. The summed E-state index contributed by atoms with van der Waals surface area (Å²) in [5.41, 5.74) is 2.20. The smallest absolute Gasteiger partial charge is 0.322 e. The molecule has 4 amide bonds. The van der Waals surface area contributed by atoms with E-state index in [0.29, 0.717) is 37.3 Å². The lowest BCUT2D eigenvalue weighted by Crippen LogP contribution is -2.47. The van der Waals surface area contributed by atoms with Crippen LogP contribution in [0, 0.1) is 0 Å². The number of hydrogen-bond acceptors (Lipinski definition) is 4. The maximum Gasteiger partial charge on any atom is 0.322 e. The number of amides is 4. The summed E-state index contributed by atoms with van der Waals surface area (Å²) >= 11 is 0. The number of rotatable bonds is 6. The van der Waals surface area contributed by atoms with Gasteiger partial charge in [-0.15, -0.1) is 0 Å². The Kier molecular flexibility index (Phi) is 5.98. The Balaban J connectivity index is 1.41. The van der Waals surface area contributed by atoms with E-state index in [1.807, 2.05) is 18.2 Å². The van der Waals surface area contributed by atoms with Crippen LogP contribution in [0.1, 0.15) is 18.4 Å². The van der Waals surface area contributed by atoms with Crippen molar-refractivity contribution in [1.82, 2.24) is 15.6 Å². The zero-order chi connectivity index (χ0) is 19.1. The molecule has 0 unspecified atom stereocenters. The summed E-state index contributed by atoms with van der Waals surface area (Å²) in [6.07, 6.45) is 4.19. The number of benzene rings is 1. The molecule has 1 aromatic carbocycles. The summed E-state index contributed by atoms with van der Waals surface area (Å²) in [5.74, 6) is -0.325. The van der Waals surface area contributed by atoms with E-state index in [2.05, 4.69) is 20.9 Å². The Morgan fingerprint density at radius 2 is 2.00 bits per heavy atom. The molecule has 0 saturated heterocycles. The highest BCUT2D eigenvalue weighted by atomic mass is 16.2. The fourth-order valence-corrected chi connectivity index (χ4v) is 2.75. The molecule has 0 bridgehead atoms. The summed E-state index contributed by atoms with van der Waals surface area (Å²) in [6.45, 7) is 0.743. The topological polar surface area (TPSA) is 103 Å². The molecule has 2 aromatic rings. The largest absolute Gasteiger partial charge is 0.352 e. The molecule has 8 heteroatoms. The number of carbonyl (C=O) groups is 3. The van der Waals surface area contributed by atoms with Gasteiger partial charge >= 0.3 is 6.03 Å². The molecule has 3 N–H and O–H groups in total. The van der Waals surface area contributed by atoms with E-state index >= 15 is 0 Å². The number of carbonyl (C=O) groups excluding carboxylic acids is 3. The van der Waals surface area contributed by atoms with Crippen LogP contribution in [0.2, 0.25) is 0 Å². The number of anilines is 2. The maximum atomic E-state index is 12.4. The number of hydrogen-bond donors (Lipinski definition) is 3. The molecule has 140 valence electrons. The van der Waals surface area contributed by atoms with Crippen molar-refractivity contribution in [2.24, 2.45) is 0 Å². The molecular weight excluding hydrogens is 346 g/mol. The second-order valence-corrected chi connectivity index (χ2v) is 6.12. The fraction of sp³-hybridized carbons (Fsp3) is 0.263. The van der Waals surface area contributed by atoms with Crippen LogP contribution in [0.5, 0.6) is 0 Å². The second-order valence-electron chi connectivity index (χ2n) is 6.12. The van der Waals surface area contributed by atoms with Crippen molar-refractivity contribution in [3.05, 3.63) is 54.4 Å². The summed E-state index contributed by atoms with van der Waals surface area (Å²) < 4.78 is 0. The van der Waals surface area contributed by atoms with Crippen molar-refractivity contribution in [3.63, 3.8) is 0 Å². The van der Waals surface area contributed by atoms with Crippen LogP contribution in [-0.4, -0.2) is 35.9 Å². The third-order valence-corrected chi connectivity index (χ3v) is 4.09. The summed E-state index contributed by atoms with van der Waals surface area (Å²) in [7, 11) is 0. The number of fused-ring (bicyclic) bond motifs is 1. The minimum Gasteiger partial charge on any atom is -0.352 e. The van der Waals surface area contributed by atoms with Gasteiger partial charge in [-0.2, -0.15) is 0 Å². The molecule has 1 aliphatic heterocycles. The van der Waals surface area contributed by atoms with Crippen LogP contribution in [0.3, 0.4) is 0 Å². The minimum atomic E-state index is -0.354. The molecule has 27 heavy (non-hydrogen) atoms. The van der Waals surface area contributed by atoms with Crippen molar-refractivity contribution in [2.45, 2.75) is 19.4 Å². The van der Waals surface area contributed by atoms with Gasteiger partial charge in [0.15, 0.2) is 0 Å². The molecule has 1 aliphatic rings. The summed E-state index contributed by atoms with van der Waals surface area (Å²) in [5, 5.41) is 8.31. The van der Waals surface area contributed by atoms with Crippen LogP contribution < -0.4 is 20.9 Å². The van der Waals surface area contributed by atoms with Crippen molar-refractivity contribution < 1.29 is 14.4 Å². The van der Waals surface area contributed by atoms with E-state index in [4.69, 9.17) is 0 Å². The Bertz CT molecular complexity index is 825. The van der Waals surface area contributed by atoms with Crippen LogP contribution >= 0.6 is 0 Å². The molecule has 0 radical (unpaired) electrons. The first-order chi connectivity index (χ1) is 13.1. The lowest BCUT2D eigenvalue weighted by molar-refractivity contribution is -0.121. The third-order valence-electron chi connectivity index (χ3n) is 4.09. The first-order valence-electron chi connectivity index (χ1n) is 8.73. The van der Waals surface area contributed by atoms with E-state index < -0.39 is 0 Å². The molecule has 0 aliphatic carbocycles. The van der Waals surface area contributed by atoms with Crippen LogP contribution in [-0.2, 0) is 16.1 Å². The van der Waals surface area contributed by atoms with E-state index in [1.165, 1.54) is 4.90 Å². The van der Waals surface area contributed by atoms with Gasteiger partial charge < -0.3 is 16.0 Å². The van der Waals surface area contributed by atoms with Gasteiger partial charge in [0.2, 0.25) is 11.8 Å². The molecule has 0 saturated carbocycles. The number of pyridine rings is 1. The van der Waals surface area contributed by atoms with E-state index in [0.717, 1.165) is 5.56 Å². The van der Waals surface area contributed by atoms with Crippen LogP contribution in [0.25, 0.3) is 0 Å².